The second kappa shape index (κ2) is 11.8. The second-order valence-electron chi connectivity index (χ2n) is 6.88. The summed E-state index contributed by atoms with van der Waals surface area (Å²) in [5.74, 6) is -4.57. The molecular weight excluding hydrogens is 522 g/mol. The molecule has 2 aromatic carbocycles. The summed E-state index contributed by atoms with van der Waals surface area (Å²) in [5.41, 5.74) is 0.720. The summed E-state index contributed by atoms with van der Waals surface area (Å²) in [7, 11) is 0. The number of hydrogen-bond acceptors (Lipinski definition) is 3. The fraction of sp³-hybridized carbons (Fsp3) is 0.333. The summed E-state index contributed by atoms with van der Waals surface area (Å²) in [6, 6.07) is 12.0. The summed E-state index contributed by atoms with van der Waals surface area (Å²) in [5, 5.41) is 8.57. The summed E-state index contributed by atoms with van der Waals surface area (Å²) in [6.45, 7) is 3.89. The molecule has 1 unspecified atom stereocenters. The van der Waals surface area contributed by atoms with Gasteiger partial charge in [0.25, 0.3) is 0 Å². The normalized spacial score (nSPS) is 15.9. The summed E-state index contributed by atoms with van der Waals surface area (Å²) < 4.78 is 40.0. The standard InChI is InChI=1S/C21H24F3N5O.HI/c1-2-25-21(27-14-10-11-29(13-14)15-6-4-3-5-7-15)26-12-18(30)28-17-9-8-16(22)19(23)20(17)24;/h3-9,14H,2,10-13H2,1H3,(H,28,30)(H2,25,26,27);1H. The van der Waals surface area contributed by atoms with Crippen molar-refractivity contribution < 1.29 is 18.0 Å². The van der Waals surface area contributed by atoms with E-state index in [0.717, 1.165) is 37.3 Å². The van der Waals surface area contributed by atoms with Gasteiger partial charge < -0.3 is 20.9 Å². The van der Waals surface area contributed by atoms with Crippen LogP contribution in [-0.4, -0.2) is 44.1 Å². The van der Waals surface area contributed by atoms with Gasteiger partial charge in [0.15, 0.2) is 23.4 Å². The van der Waals surface area contributed by atoms with Gasteiger partial charge in [-0.05, 0) is 37.6 Å². The fourth-order valence-electron chi connectivity index (χ4n) is 3.23. The number of aliphatic imine (C=N–C) groups is 1. The number of nitrogens with one attached hydrogen (secondary N) is 3. The number of benzene rings is 2. The minimum Gasteiger partial charge on any atom is -0.369 e. The zero-order valence-corrected chi connectivity index (χ0v) is 19.3. The molecule has 3 N–H and O–H groups in total. The molecule has 1 aliphatic rings. The number of rotatable bonds is 6. The van der Waals surface area contributed by atoms with Crippen molar-refractivity contribution in [1.29, 1.82) is 0 Å². The van der Waals surface area contributed by atoms with Crippen molar-refractivity contribution in [2.75, 3.05) is 36.4 Å². The van der Waals surface area contributed by atoms with Gasteiger partial charge in [0.1, 0.15) is 6.54 Å². The van der Waals surface area contributed by atoms with Crippen LogP contribution in [0.5, 0.6) is 0 Å². The third-order valence-electron chi connectivity index (χ3n) is 4.68. The van der Waals surface area contributed by atoms with Crippen molar-refractivity contribution in [3.63, 3.8) is 0 Å². The van der Waals surface area contributed by atoms with Gasteiger partial charge >= 0.3 is 0 Å². The molecule has 1 heterocycles. The van der Waals surface area contributed by atoms with E-state index in [2.05, 4.69) is 38.0 Å². The van der Waals surface area contributed by atoms with Crippen LogP contribution in [0.25, 0.3) is 0 Å². The largest absolute Gasteiger partial charge is 0.369 e. The van der Waals surface area contributed by atoms with Crippen LogP contribution in [0, 0.1) is 17.5 Å². The summed E-state index contributed by atoms with van der Waals surface area (Å²) >= 11 is 0. The molecule has 0 spiro atoms. The lowest BCUT2D eigenvalue weighted by Crippen LogP contribution is -2.45. The molecule has 0 bridgehead atoms. The average Bonchev–Trinajstić information content (AvgIpc) is 3.22. The van der Waals surface area contributed by atoms with Gasteiger partial charge in [0, 0.05) is 31.4 Å². The molecule has 168 valence electrons. The van der Waals surface area contributed by atoms with E-state index in [1.54, 1.807) is 0 Å². The molecule has 0 aromatic heterocycles. The Kier molecular flexibility index (Phi) is 9.41. The highest BCUT2D eigenvalue weighted by molar-refractivity contribution is 14.0. The van der Waals surface area contributed by atoms with E-state index in [1.807, 2.05) is 25.1 Å². The fourth-order valence-corrected chi connectivity index (χ4v) is 3.23. The summed E-state index contributed by atoms with van der Waals surface area (Å²) in [6.07, 6.45) is 0.908. The average molecular weight is 547 g/mol. The second-order valence-corrected chi connectivity index (χ2v) is 6.88. The first kappa shape index (κ1) is 24.8. The Balaban J connectivity index is 0.00000341. The van der Waals surface area contributed by atoms with Crippen LogP contribution in [0.4, 0.5) is 24.5 Å². The maximum atomic E-state index is 13.7. The maximum Gasteiger partial charge on any atom is 0.246 e. The highest BCUT2D eigenvalue weighted by Crippen LogP contribution is 2.20. The van der Waals surface area contributed by atoms with E-state index in [-0.39, 0.29) is 36.6 Å². The van der Waals surface area contributed by atoms with Crippen molar-refractivity contribution in [3.05, 3.63) is 59.9 Å². The lowest BCUT2D eigenvalue weighted by molar-refractivity contribution is -0.114. The molecule has 0 saturated carbocycles. The number of carbonyl (C=O) groups excluding carboxylic acids is 1. The molecule has 0 radical (unpaired) electrons. The van der Waals surface area contributed by atoms with Crippen LogP contribution in [0.2, 0.25) is 0 Å². The Morgan fingerprint density at radius 2 is 1.87 bits per heavy atom. The van der Waals surface area contributed by atoms with Crippen molar-refractivity contribution in [1.82, 2.24) is 10.6 Å². The van der Waals surface area contributed by atoms with Gasteiger partial charge in [-0.15, -0.1) is 24.0 Å². The molecule has 3 rings (SSSR count). The Bertz CT molecular complexity index is 913. The minimum atomic E-state index is -1.63. The Labute approximate surface area is 196 Å². The lowest BCUT2D eigenvalue weighted by Gasteiger charge is -2.20. The predicted molar refractivity (Wildman–Crippen MR) is 127 cm³/mol. The molecule has 1 fully saturated rings. The zero-order chi connectivity index (χ0) is 21.5. The number of amides is 1. The minimum absolute atomic E-state index is 0. The molecule has 1 saturated heterocycles. The highest BCUT2D eigenvalue weighted by Gasteiger charge is 2.23. The molecule has 31 heavy (non-hydrogen) atoms. The third-order valence-corrected chi connectivity index (χ3v) is 4.68. The van der Waals surface area contributed by atoms with Crippen LogP contribution >= 0.6 is 24.0 Å². The Morgan fingerprint density at radius 3 is 2.58 bits per heavy atom. The topological polar surface area (TPSA) is 68.8 Å². The molecule has 1 atom stereocenters. The van der Waals surface area contributed by atoms with Crippen molar-refractivity contribution in [3.8, 4) is 0 Å². The van der Waals surface area contributed by atoms with Crippen molar-refractivity contribution >= 4 is 47.2 Å². The number of nitrogens with zero attached hydrogens (tertiary/aromatic N) is 2. The van der Waals surface area contributed by atoms with Crippen LogP contribution in [-0.2, 0) is 4.79 Å². The van der Waals surface area contributed by atoms with Gasteiger partial charge in [0.2, 0.25) is 5.91 Å². The molecule has 0 aliphatic carbocycles. The number of halogens is 4. The van der Waals surface area contributed by atoms with E-state index in [0.29, 0.717) is 12.5 Å². The Hall–Kier alpha value is -2.50. The first-order valence-corrected chi connectivity index (χ1v) is 9.76. The van der Waals surface area contributed by atoms with Crippen LogP contribution in [0.3, 0.4) is 0 Å². The predicted octanol–water partition coefficient (Wildman–Crippen LogP) is 3.49. The van der Waals surface area contributed by atoms with E-state index in [4.69, 9.17) is 0 Å². The molecule has 1 aliphatic heterocycles. The van der Waals surface area contributed by atoms with Crippen LogP contribution in [0.15, 0.2) is 47.5 Å². The lowest BCUT2D eigenvalue weighted by atomic mass is 10.2. The first-order chi connectivity index (χ1) is 14.5. The monoisotopic (exact) mass is 547 g/mol. The van der Waals surface area contributed by atoms with Crippen molar-refractivity contribution in [2.45, 2.75) is 19.4 Å². The molecule has 10 heteroatoms. The third kappa shape index (κ3) is 6.74. The first-order valence-electron chi connectivity index (χ1n) is 9.76. The van der Waals surface area contributed by atoms with Gasteiger partial charge in [-0.25, -0.2) is 18.2 Å². The number of carbonyl (C=O) groups is 1. The van der Waals surface area contributed by atoms with E-state index in [1.165, 1.54) is 0 Å². The van der Waals surface area contributed by atoms with E-state index >= 15 is 0 Å². The molecular formula is C21H25F3IN5O. The maximum absolute atomic E-state index is 13.7. The number of guanidine groups is 1. The van der Waals surface area contributed by atoms with Gasteiger partial charge in [0.05, 0.1) is 5.69 Å². The zero-order valence-electron chi connectivity index (χ0n) is 17.0. The molecule has 1 amide bonds. The highest BCUT2D eigenvalue weighted by atomic mass is 127. The smallest absolute Gasteiger partial charge is 0.246 e. The summed E-state index contributed by atoms with van der Waals surface area (Å²) in [4.78, 5) is 18.6. The number of anilines is 2. The van der Waals surface area contributed by atoms with E-state index < -0.39 is 29.0 Å². The van der Waals surface area contributed by atoms with Gasteiger partial charge in [-0.2, -0.15) is 0 Å². The van der Waals surface area contributed by atoms with E-state index in [9.17, 15) is 18.0 Å². The number of para-hydroxylation sites is 1. The Morgan fingerprint density at radius 1 is 1.13 bits per heavy atom. The van der Waals surface area contributed by atoms with Gasteiger partial charge in [-0.1, -0.05) is 18.2 Å². The SMILES string of the molecule is CCNC(=NCC(=O)Nc1ccc(F)c(F)c1F)NC1CCN(c2ccccc2)C1.I. The molecule has 2 aromatic rings. The van der Waals surface area contributed by atoms with Crippen LogP contribution in [0.1, 0.15) is 13.3 Å². The number of hydrogen-bond donors (Lipinski definition) is 3. The van der Waals surface area contributed by atoms with Crippen LogP contribution < -0.4 is 20.9 Å². The van der Waals surface area contributed by atoms with Crippen molar-refractivity contribution in [2.24, 2.45) is 4.99 Å². The quantitative estimate of drug-likeness (QED) is 0.224. The molecule has 6 nitrogen and oxygen atoms in total. The van der Waals surface area contributed by atoms with Gasteiger partial charge in [-0.3, -0.25) is 4.79 Å².